The van der Waals surface area contributed by atoms with Gasteiger partial charge in [-0.2, -0.15) is 0 Å². The number of pyridine rings is 1. The zero-order valence-corrected chi connectivity index (χ0v) is 32.1. The Labute approximate surface area is 280 Å². The van der Waals surface area contributed by atoms with E-state index in [0.717, 1.165) is 11.7 Å². The molecule has 0 saturated heterocycles. The summed E-state index contributed by atoms with van der Waals surface area (Å²) in [4.78, 5) is 25.9. The molecule has 0 unspecified atom stereocenters. The zero-order chi connectivity index (χ0) is 34.3. The lowest BCUT2D eigenvalue weighted by atomic mass is 10.2. The topological polar surface area (TPSA) is 119 Å². The van der Waals surface area contributed by atoms with Crippen LogP contribution in [0.2, 0.25) is 49.0 Å². The second-order valence-corrected chi connectivity index (χ2v) is 25.8. The minimum atomic E-state index is -1.83. The molecule has 0 aliphatic carbocycles. The van der Waals surface area contributed by atoms with E-state index in [1.165, 1.54) is 6.33 Å². The van der Waals surface area contributed by atoms with Crippen molar-refractivity contribution in [3.8, 4) is 17.0 Å². The van der Waals surface area contributed by atoms with E-state index in [9.17, 15) is 4.79 Å². The summed E-state index contributed by atoms with van der Waals surface area (Å²) in [5.74, 6) is 0.848. The maximum absolute atomic E-state index is 12.7. The van der Waals surface area contributed by atoms with Gasteiger partial charge in [-0.1, -0.05) is 52.0 Å². The Balaban J connectivity index is 1.85. The van der Waals surface area contributed by atoms with E-state index in [4.69, 9.17) is 35.0 Å². The van der Waals surface area contributed by atoms with Gasteiger partial charge in [-0.3, -0.25) is 5.32 Å². The standard InChI is InChI=1S/C32H52ClN5O6Si2/c1-31(2,3)44-30(39)37-28-23-18-25(38(29(23)36-21-35-28)22-41-16-17-45(7,8)9)24-20-34-27(33)19-26(24)42-14-12-40-13-15-43-46(10,11)32(4,5)6/h18-21H,12-17,22H2,1-11H3,(H,35,36,37,39). The number of nitrogens with one attached hydrogen (secondary N) is 1. The molecule has 1 N–H and O–H groups in total. The number of hydrogen-bond donors (Lipinski definition) is 1. The van der Waals surface area contributed by atoms with E-state index in [1.54, 1.807) is 33.0 Å². The van der Waals surface area contributed by atoms with Crippen LogP contribution in [0, 0.1) is 0 Å². The third kappa shape index (κ3) is 11.3. The molecule has 11 nitrogen and oxygen atoms in total. The maximum atomic E-state index is 12.7. The predicted molar refractivity (Wildman–Crippen MR) is 189 cm³/mol. The van der Waals surface area contributed by atoms with Crippen LogP contribution in [0.1, 0.15) is 41.5 Å². The first-order valence-corrected chi connectivity index (χ1v) is 22.7. The highest BCUT2D eigenvalue weighted by Gasteiger charge is 2.36. The van der Waals surface area contributed by atoms with Crippen molar-refractivity contribution in [2.24, 2.45) is 0 Å². The van der Waals surface area contributed by atoms with E-state index < -0.39 is 28.1 Å². The second kappa shape index (κ2) is 15.6. The number of hydrogen-bond acceptors (Lipinski definition) is 9. The lowest BCUT2D eigenvalue weighted by molar-refractivity contribution is 0.0635. The summed E-state index contributed by atoms with van der Waals surface area (Å²) in [5.41, 5.74) is 1.31. The second-order valence-electron chi connectivity index (χ2n) is 15.0. The largest absolute Gasteiger partial charge is 0.490 e. The van der Waals surface area contributed by atoms with Gasteiger partial charge in [-0.15, -0.1) is 0 Å². The molecule has 14 heteroatoms. The number of amides is 1. The molecule has 3 aromatic rings. The van der Waals surface area contributed by atoms with Gasteiger partial charge in [-0.05, 0) is 51.0 Å². The average Bonchev–Trinajstić information content (AvgIpc) is 3.27. The van der Waals surface area contributed by atoms with Gasteiger partial charge in [0.2, 0.25) is 0 Å². The van der Waals surface area contributed by atoms with Gasteiger partial charge in [0.25, 0.3) is 0 Å². The third-order valence-corrected chi connectivity index (χ3v) is 14.1. The number of halogens is 1. The molecule has 3 aromatic heterocycles. The van der Waals surface area contributed by atoms with Crippen LogP contribution in [-0.4, -0.2) is 80.6 Å². The van der Waals surface area contributed by atoms with E-state index >= 15 is 0 Å². The van der Waals surface area contributed by atoms with Crippen LogP contribution in [0.5, 0.6) is 5.75 Å². The molecule has 0 fully saturated rings. The molecule has 0 aliphatic rings. The summed E-state index contributed by atoms with van der Waals surface area (Å²) >= 11 is 6.32. The highest BCUT2D eigenvalue weighted by molar-refractivity contribution is 6.76. The van der Waals surface area contributed by atoms with Gasteiger partial charge in [0.05, 0.1) is 36.5 Å². The molecular formula is C32H52ClN5O6Si2. The van der Waals surface area contributed by atoms with Crippen LogP contribution < -0.4 is 10.1 Å². The molecule has 256 valence electrons. The first-order valence-electron chi connectivity index (χ1n) is 15.7. The molecule has 0 saturated carbocycles. The number of anilines is 1. The number of carbonyl (C=O) groups excluding carboxylic acids is 1. The monoisotopic (exact) mass is 693 g/mol. The molecule has 0 bridgehead atoms. The van der Waals surface area contributed by atoms with Gasteiger partial charge in [0.15, 0.2) is 8.32 Å². The van der Waals surface area contributed by atoms with Gasteiger partial charge in [-0.25, -0.2) is 19.7 Å². The zero-order valence-electron chi connectivity index (χ0n) is 29.4. The summed E-state index contributed by atoms with van der Waals surface area (Å²) in [5, 5.41) is 3.82. The number of ether oxygens (including phenoxy) is 4. The van der Waals surface area contributed by atoms with Crippen LogP contribution in [0.15, 0.2) is 24.7 Å². The molecule has 0 aromatic carbocycles. The Hall–Kier alpha value is -2.56. The van der Waals surface area contributed by atoms with Crippen molar-refractivity contribution in [1.82, 2.24) is 19.5 Å². The predicted octanol–water partition coefficient (Wildman–Crippen LogP) is 8.22. The first kappa shape index (κ1) is 37.9. The van der Waals surface area contributed by atoms with E-state index in [0.29, 0.717) is 66.4 Å². The molecule has 0 aliphatic heterocycles. The molecule has 0 atom stereocenters. The van der Waals surface area contributed by atoms with E-state index in [2.05, 4.69) is 73.8 Å². The van der Waals surface area contributed by atoms with Crippen LogP contribution in [0.4, 0.5) is 10.6 Å². The number of fused-ring (bicyclic) bond motifs is 1. The first-order chi connectivity index (χ1) is 21.3. The highest BCUT2D eigenvalue weighted by atomic mass is 35.5. The Bertz CT molecular complexity index is 1460. The third-order valence-electron chi connectivity index (χ3n) is 7.62. The number of rotatable bonds is 15. The van der Waals surface area contributed by atoms with Crippen LogP contribution in [0.25, 0.3) is 22.3 Å². The minimum absolute atomic E-state index is 0.146. The summed E-state index contributed by atoms with van der Waals surface area (Å²) in [7, 11) is -3.13. The number of aromatic nitrogens is 4. The Kier molecular flexibility index (Phi) is 12.8. The molecule has 0 spiro atoms. The van der Waals surface area contributed by atoms with Crippen molar-refractivity contribution in [2.45, 2.75) is 97.7 Å². The van der Waals surface area contributed by atoms with Crippen LogP contribution >= 0.6 is 11.6 Å². The summed E-state index contributed by atoms with van der Waals surface area (Å²) in [6, 6.07) is 4.58. The molecule has 0 radical (unpaired) electrons. The Morgan fingerprint density at radius 1 is 0.913 bits per heavy atom. The lowest BCUT2D eigenvalue weighted by Crippen LogP contribution is -2.41. The van der Waals surface area contributed by atoms with Crippen molar-refractivity contribution < 1.29 is 28.2 Å². The van der Waals surface area contributed by atoms with Crippen molar-refractivity contribution in [3.05, 3.63) is 29.8 Å². The number of nitrogens with zero attached hydrogens (tertiary/aromatic N) is 4. The summed E-state index contributed by atoms with van der Waals surface area (Å²) in [6.45, 7) is 26.0. The van der Waals surface area contributed by atoms with E-state index in [-0.39, 0.29) is 11.8 Å². The minimum Gasteiger partial charge on any atom is -0.490 e. The molecule has 3 heterocycles. The van der Waals surface area contributed by atoms with Gasteiger partial charge < -0.3 is 27.9 Å². The Morgan fingerprint density at radius 2 is 1.61 bits per heavy atom. The molecular weight excluding hydrogens is 642 g/mol. The van der Waals surface area contributed by atoms with Crippen molar-refractivity contribution >= 4 is 50.9 Å². The summed E-state index contributed by atoms with van der Waals surface area (Å²) in [6.07, 6.45) is 2.45. The lowest BCUT2D eigenvalue weighted by Gasteiger charge is -2.36. The van der Waals surface area contributed by atoms with Gasteiger partial charge in [0, 0.05) is 26.9 Å². The quantitative estimate of drug-likeness (QED) is 0.0954. The maximum Gasteiger partial charge on any atom is 0.413 e. The van der Waals surface area contributed by atoms with Crippen molar-refractivity contribution in [3.63, 3.8) is 0 Å². The fourth-order valence-corrected chi connectivity index (χ4v) is 5.99. The molecule has 46 heavy (non-hydrogen) atoms. The van der Waals surface area contributed by atoms with E-state index in [1.807, 2.05) is 10.6 Å². The van der Waals surface area contributed by atoms with Crippen LogP contribution in [-0.2, 0) is 25.4 Å². The molecule has 3 rings (SSSR count). The number of carbonyl (C=O) groups is 1. The Morgan fingerprint density at radius 3 is 2.26 bits per heavy atom. The SMILES string of the molecule is CC(C)(C)OC(=O)Nc1ncnc2c1cc(-c1cnc(Cl)cc1OCCOCCO[Si](C)(C)C(C)(C)C)n2COCC[Si](C)(C)C. The summed E-state index contributed by atoms with van der Waals surface area (Å²) < 4.78 is 31.8. The normalized spacial score (nSPS) is 12.9. The van der Waals surface area contributed by atoms with Gasteiger partial charge in [0.1, 0.15) is 47.6 Å². The highest BCUT2D eigenvalue weighted by Crippen LogP contribution is 2.37. The van der Waals surface area contributed by atoms with Crippen molar-refractivity contribution in [1.29, 1.82) is 0 Å². The van der Waals surface area contributed by atoms with Crippen LogP contribution in [0.3, 0.4) is 0 Å². The van der Waals surface area contributed by atoms with Gasteiger partial charge >= 0.3 is 6.09 Å². The van der Waals surface area contributed by atoms with Crippen molar-refractivity contribution in [2.75, 3.05) is 38.4 Å². The fourth-order valence-electron chi connectivity index (χ4n) is 4.06. The average molecular weight is 694 g/mol. The fraction of sp³-hybridized carbons (Fsp3) is 0.625. The smallest absolute Gasteiger partial charge is 0.413 e. The molecule has 1 amide bonds.